The minimum Gasteiger partial charge on any atom is -0.341 e. The van der Waals surface area contributed by atoms with Crippen molar-refractivity contribution in [3.63, 3.8) is 0 Å². The molecule has 0 rings (SSSR count). The molecular formula is C7H17N3O. The molecule has 0 saturated carbocycles. The zero-order chi connectivity index (χ0) is 8.85. The van der Waals surface area contributed by atoms with E-state index in [0.29, 0.717) is 6.54 Å². The zero-order valence-corrected chi connectivity index (χ0v) is 7.42. The van der Waals surface area contributed by atoms with E-state index in [1.807, 2.05) is 6.92 Å². The minimum absolute atomic E-state index is 0.0642. The highest BCUT2D eigenvalue weighted by Gasteiger charge is 2.05. The number of rotatable bonds is 3. The highest BCUT2D eigenvalue weighted by molar-refractivity contribution is 5.73. The Morgan fingerprint density at radius 3 is 2.64 bits per heavy atom. The Bertz CT molecular complexity index is 125. The van der Waals surface area contributed by atoms with Gasteiger partial charge in [-0.1, -0.05) is 0 Å². The third-order valence-corrected chi connectivity index (χ3v) is 1.48. The Morgan fingerprint density at radius 1 is 1.73 bits per heavy atom. The predicted molar refractivity (Wildman–Crippen MR) is 45.4 cm³/mol. The fourth-order valence-corrected chi connectivity index (χ4v) is 0.690. The first-order valence-corrected chi connectivity index (χ1v) is 3.76. The molecule has 0 aliphatic heterocycles. The van der Waals surface area contributed by atoms with Crippen LogP contribution in [0.15, 0.2) is 0 Å². The lowest BCUT2D eigenvalue weighted by Crippen LogP contribution is -2.37. The number of nitrogens with zero attached hydrogens (tertiary/aromatic N) is 1. The molecule has 2 amide bonds. The van der Waals surface area contributed by atoms with Crippen LogP contribution in [0.4, 0.5) is 4.79 Å². The number of nitrogens with one attached hydrogen (secondary N) is 1. The van der Waals surface area contributed by atoms with E-state index in [1.54, 1.807) is 19.0 Å². The normalized spacial score (nSPS) is 12.4. The largest absolute Gasteiger partial charge is 0.341 e. The van der Waals surface area contributed by atoms with E-state index in [4.69, 9.17) is 5.73 Å². The molecule has 0 aliphatic carbocycles. The van der Waals surface area contributed by atoms with Gasteiger partial charge in [0.1, 0.15) is 0 Å². The van der Waals surface area contributed by atoms with E-state index < -0.39 is 0 Å². The summed E-state index contributed by atoms with van der Waals surface area (Å²) in [7, 11) is 3.37. The molecule has 1 atom stereocenters. The highest BCUT2D eigenvalue weighted by atomic mass is 16.2. The van der Waals surface area contributed by atoms with Crippen molar-refractivity contribution in [1.29, 1.82) is 0 Å². The molecule has 0 radical (unpaired) electrons. The van der Waals surface area contributed by atoms with Gasteiger partial charge in [0.15, 0.2) is 0 Å². The van der Waals surface area contributed by atoms with Gasteiger partial charge in [-0.15, -0.1) is 0 Å². The van der Waals surface area contributed by atoms with Crippen LogP contribution >= 0.6 is 0 Å². The van der Waals surface area contributed by atoms with Gasteiger partial charge in [-0.25, -0.2) is 4.79 Å². The molecule has 0 aromatic carbocycles. The second-order valence-corrected chi connectivity index (χ2v) is 2.74. The summed E-state index contributed by atoms with van der Waals surface area (Å²) in [5.41, 5.74) is 5.52. The Hall–Kier alpha value is -0.770. The van der Waals surface area contributed by atoms with E-state index in [-0.39, 0.29) is 12.1 Å². The molecule has 0 aliphatic rings. The van der Waals surface area contributed by atoms with Crippen LogP contribution in [0.1, 0.15) is 13.3 Å². The molecule has 4 nitrogen and oxygen atoms in total. The molecular weight excluding hydrogens is 142 g/mol. The first-order chi connectivity index (χ1) is 5.07. The molecule has 0 saturated heterocycles. The summed E-state index contributed by atoms with van der Waals surface area (Å²) in [6.07, 6.45) is 0.837. The van der Waals surface area contributed by atoms with Gasteiger partial charge in [-0.3, -0.25) is 0 Å². The first kappa shape index (κ1) is 10.2. The van der Waals surface area contributed by atoms with Crippen LogP contribution in [0.5, 0.6) is 0 Å². The molecule has 4 heteroatoms. The standard InChI is InChI=1S/C7H17N3O/c1-6(8)4-5-10(3)7(11)9-2/h6H,4-5,8H2,1-3H3,(H,9,11). The summed E-state index contributed by atoms with van der Waals surface area (Å²) in [6, 6.07) is 0.0905. The summed E-state index contributed by atoms with van der Waals surface area (Å²) in [5, 5.41) is 2.53. The summed E-state index contributed by atoms with van der Waals surface area (Å²) in [6.45, 7) is 2.63. The van der Waals surface area contributed by atoms with Crippen LogP contribution in [0, 0.1) is 0 Å². The van der Waals surface area contributed by atoms with Crippen LogP contribution < -0.4 is 11.1 Å². The smallest absolute Gasteiger partial charge is 0.316 e. The minimum atomic E-state index is -0.0642. The van der Waals surface area contributed by atoms with Crippen LogP contribution in [0.25, 0.3) is 0 Å². The predicted octanol–water partition coefficient (Wildman–Crippen LogP) is -0.00510. The quantitative estimate of drug-likeness (QED) is 0.608. The molecule has 0 heterocycles. The second kappa shape index (κ2) is 4.96. The summed E-state index contributed by atoms with van der Waals surface area (Å²) in [5.74, 6) is 0. The molecule has 3 N–H and O–H groups in total. The lowest BCUT2D eigenvalue weighted by molar-refractivity contribution is 0.210. The van der Waals surface area contributed by atoms with Gasteiger partial charge in [-0.05, 0) is 13.3 Å². The molecule has 11 heavy (non-hydrogen) atoms. The lowest BCUT2D eigenvalue weighted by Gasteiger charge is -2.17. The number of urea groups is 1. The molecule has 0 fully saturated rings. The maximum absolute atomic E-state index is 10.9. The van der Waals surface area contributed by atoms with Gasteiger partial charge in [0.25, 0.3) is 0 Å². The van der Waals surface area contributed by atoms with Crippen molar-refractivity contribution < 1.29 is 4.79 Å². The van der Waals surface area contributed by atoms with Crippen LogP contribution in [0.3, 0.4) is 0 Å². The molecule has 0 aromatic rings. The van der Waals surface area contributed by atoms with Crippen molar-refractivity contribution >= 4 is 6.03 Å². The third-order valence-electron chi connectivity index (χ3n) is 1.48. The van der Waals surface area contributed by atoms with Gasteiger partial charge in [0.05, 0.1) is 0 Å². The number of hydrogen-bond donors (Lipinski definition) is 2. The van der Waals surface area contributed by atoms with E-state index in [2.05, 4.69) is 5.32 Å². The van der Waals surface area contributed by atoms with Crippen molar-refractivity contribution in [2.45, 2.75) is 19.4 Å². The average molecular weight is 159 g/mol. The molecule has 0 aromatic heterocycles. The van der Waals surface area contributed by atoms with Gasteiger partial charge in [0, 0.05) is 26.7 Å². The molecule has 0 bridgehead atoms. The first-order valence-electron chi connectivity index (χ1n) is 3.76. The van der Waals surface area contributed by atoms with Gasteiger partial charge >= 0.3 is 6.03 Å². The fourth-order valence-electron chi connectivity index (χ4n) is 0.690. The third kappa shape index (κ3) is 4.61. The van der Waals surface area contributed by atoms with Gasteiger partial charge < -0.3 is 16.0 Å². The van der Waals surface area contributed by atoms with Crippen LogP contribution in [-0.2, 0) is 0 Å². The topological polar surface area (TPSA) is 58.4 Å². The maximum atomic E-state index is 10.9. The fraction of sp³-hybridized carbons (Fsp3) is 0.857. The monoisotopic (exact) mass is 159 g/mol. The van der Waals surface area contributed by atoms with Crippen LogP contribution in [0.2, 0.25) is 0 Å². The number of nitrogens with two attached hydrogens (primary N) is 1. The summed E-state index contributed by atoms with van der Waals surface area (Å²) in [4.78, 5) is 12.5. The maximum Gasteiger partial charge on any atom is 0.316 e. The molecule has 0 spiro atoms. The van der Waals surface area contributed by atoms with Crippen LogP contribution in [-0.4, -0.2) is 37.6 Å². The van der Waals surface area contributed by atoms with E-state index >= 15 is 0 Å². The van der Waals surface area contributed by atoms with Crippen molar-refractivity contribution in [1.82, 2.24) is 10.2 Å². The Balaban J connectivity index is 3.52. The van der Waals surface area contributed by atoms with Gasteiger partial charge in [0.2, 0.25) is 0 Å². The van der Waals surface area contributed by atoms with Crippen molar-refractivity contribution in [3.05, 3.63) is 0 Å². The van der Waals surface area contributed by atoms with Crippen molar-refractivity contribution in [2.75, 3.05) is 20.6 Å². The van der Waals surface area contributed by atoms with Crippen molar-refractivity contribution in [3.8, 4) is 0 Å². The SMILES string of the molecule is CNC(=O)N(C)CCC(C)N. The Labute approximate surface area is 67.7 Å². The highest BCUT2D eigenvalue weighted by Crippen LogP contribution is 1.90. The zero-order valence-electron chi connectivity index (χ0n) is 7.42. The Morgan fingerprint density at radius 2 is 2.27 bits per heavy atom. The number of carbonyl (C=O) groups excluding carboxylic acids is 1. The molecule has 66 valence electrons. The summed E-state index contributed by atoms with van der Waals surface area (Å²) >= 11 is 0. The number of carbonyl (C=O) groups is 1. The van der Waals surface area contributed by atoms with Gasteiger partial charge in [-0.2, -0.15) is 0 Å². The number of amides is 2. The second-order valence-electron chi connectivity index (χ2n) is 2.74. The molecule has 1 unspecified atom stereocenters. The Kier molecular flexibility index (Phi) is 4.61. The number of hydrogen-bond acceptors (Lipinski definition) is 2. The van der Waals surface area contributed by atoms with E-state index in [9.17, 15) is 4.79 Å². The van der Waals surface area contributed by atoms with E-state index in [0.717, 1.165) is 6.42 Å². The van der Waals surface area contributed by atoms with Crippen molar-refractivity contribution in [2.24, 2.45) is 5.73 Å². The summed E-state index contributed by atoms with van der Waals surface area (Å²) < 4.78 is 0. The van der Waals surface area contributed by atoms with E-state index in [1.165, 1.54) is 0 Å². The lowest BCUT2D eigenvalue weighted by atomic mass is 10.2. The average Bonchev–Trinajstić information content (AvgIpc) is 1.98.